The van der Waals surface area contributed by atoms with Crippen LogP contribution in [0.4, 0.5) is 0 Å². The van der Waals surface area contributed by atoms with Gasteiger partial charge in [0, 0.05) is 12.1 Å². The Kier molecular flexibility index (Phi) is 4.93. The fourth-order valence-corrected chi connectivity index (χ4v) is 1.90. The molecule has 2 aromatic carbocycles. The van der Waals surface area contributed by atoms with Crippen molar-refractivity contribution >= 4 is 6.08 Å². The highest BCUT2D eigenvalue weighted by atomic mass is 16.5. The summed E-state index contributed by atoms with van der Waals surface area (Å²) in [5.41, 5.74) is 9.57. The van der Waals surface area contributed by atoms with Crippen molar-refractivity contribution in [2.24, 2.45) is 5.73 Å². The smallest absolute Gasteiger partial charge is 0.127 e. The van der Waals surface area contributed by atoms with E-state index in [2.05, 4.69) is 6.58 Å². The molecule has 0 unspecified atom stereocenters. The third-order valence-corrected chi connectivity index (χ3v) is 3.13. The number of ether oxygens (including phenoxy) is 1. The van der Waals surface area contributed by atoms with Crippen LogP contribution in [0.3, 0.4) is 0 Å². The summed E-state index contributed by atoms with van der Waals surface area (Å²) in [6.45, 7) is 4.80. The molecular weight excluding hydrogens is 250 g/mol. The highest BCUT2D eigenvalue weighted by Crippen LogP contribution is 2.22. The van der Waals surface area contributed by atoms with Crippen LogP contribution in [-0.2, 0) is 19.8 Å². The van der Waals surface area contributed by atoms with E-state index >= 15 is 0 Å². The number of benzene rings is 2. The minimum Gasteiger partial charge on any atom is -0.488 e. The van der Waals surface area contributed by atoms with Gasteiger partial charge in [0.1, 0.15) is 12.4 Å². The summed E-state index contributed by atoms with van der Waals surface area (Å²) in [6, 6.07) is 13.6. The average Bonchev–Trinajstić information content (AvgIpc) is 2.53. The summed E-state index contributed by atoms with van der Waals surface area (Å²) in [5, 5.41) is 9.01. The van der Waals surface area contributed by atoms with E-state index in [1.807, 2.05) is 42.5 Å². The van der Waals surface area contributed by atoms with Crippen LogP contribution in [0.25, 0.3) is 6.08 Å². The number of rotatable bonds is 6. The molecule has 0 radical (unpaired) electrons. The number of aliphatic hydroxyl groups excluding tert-OH is 1. The zero-order chi connectivity index (χ0) is 14.4. The first-order valence-electron chi connectivity index (χ1n) is 6.53. The van der Waals surface area contributed by atoms with E-state index in [0.717, 1.165) is 28.0 Å². The van der Waals surface area contributed by atoms with Gasteiger partial charge in [-0.05, 0) is 22.8 Å². The fourth-order valence-electron chi connectivity index (χ4n) is 1.90. The number of hydrogen-bond acceptors (Lipinski definition) is 3. The number of nitrogens with two attached hydrogens (primary N) is 1. The van der Waals surface area contributed by atoms with Crippen LogP contribution in [0.2, 0.25) is 0 Å². The van der Waals surface area contributed by atoms with E-state index in [4.69, 9.17) is 15.6 Å². The van der Waals surface area contributed by atoms with Crippen molar-refractivity contribution in [3.63, 3.8) is 0 Å². The maximum Gasteiger partial charge on any atom is 0.127 e. The predicted molar refractivity (Wildman–Crippen MR) is 81.1 cm³/mol. The van der Waals surface area contributed by atoms with Gasteiger partial charge in [0.15, 0.2) is 0 Å². The maximum absolute atomic E-state index is 9.01. The molecule has 0 bridgehead atoms. The first kappa shape index (κ1) is 14.3. The zero-order valence-electron chi connectivity index (χ0n) is 11.4. The second-order valence-electron chi connectivity index (χ2n) is 4.54. The molecule has 0 aromatic heterocycles. The lowest BCUT2D eigenvalue weighted by atomic mass is 10.1. The quantitative estimate of drug-likeness (QED) is 0.847. The van der Waals surface area contributed by atoms with E-state index in [0.29, 0.717) is 13.2 Å². The van der Waals surface area contributed by atoms with E-state index in [-0.39, 0.29) is 6.61 Å². The van der Waals surface area contributed by atoms with Gasteiger partial charge in [-0.15, -0.1) is 0 Å². The third-order valence-electron chi connectivity index (χ3n) is 3.13. The standard InChI is InChI=1S/C17H19NO2/c1-2-16-8-7-15(10-18)9-17(16)20-12-14-5-3-13(11-19)4-6-14/h2-9,19H,1,10-12,18H2. The zero-order valence-corrected chi connectivity index (χ0v) is 11.4. The van der Waals surface area contributed by atoms with Crippen molar-refractivity contribution < 1.29 is 9.84 Å². The summed E-state index contributed by atoms with van der Waals surface area (Å²) < 4.78 is 5.84. The second-order valence-corrected chi connectivity index (χ2v) is 4.54. The fraction of sp³-hybridized carbons (Fsp3) is 0.176. The Morgan fingerprint density at radius 3 is 2.30 bits per heavy atom. The van der Waals surface area contributed by atoms with Crippen molar-refractivity contribution in [2.45, 2.75) is 19.8 Å². The Balaban J connectivity index is 2.10. The molecule has 3 N–H and O–H groups in total. The van der Waals surface area contributed by atoms with Gasteiger partial charge >= 0.3 is 0 Å². The maximum atomic E-state index is 9.01. The molecule has 0 aliphatic rings. The lowest BCUT2D eigenvalue weighted by Gasteiger charge is -2.11. The molecule has 3 nitrogen and oxygen atoms in total. The Hall–Kier alpha value is -2.10. The highest BCUT2D eigenvalue weighted by molar-refractivity contribution is 5.56. The van der Waals surface area contributed by atoms with Gasteiger partial charge in [0.25, 0.3) is 0 Å². The first-order valence-corrected chi connectivity index (χ1v) is 6.53. The Labute approximate surface area is 119 Å². The van der Waals surface area contributed by atoms with Crippen LogP contribution in [0.15, 0.2) is 49.0 Å². The van der Waals surface area contributed by atoms with Gasteiger partial charge in [0.05, 0.1) is 6.61 Å². The summed E-state index contributed by atoms with van der Waals surface area (Å²) in [4.78, 5) is 0. The molecule has 0 saturated heterocycles. The van der Waals surface area contributed by atoms with E-state index in [1.54, 1.807) is 6.08 Å². The molecule has 0 heterocycles. The van der Waals surface area contributed by atoms with Crippen LogP contribution in [0, 0.1) is 0 Å². The van der Waals surface area contributed by atoms with Crippen molar-refractivity contribution in [3.8, 4) is 5.75 Å². The lowest BCUT2D eigenvalue weighted by molar-refractivity contribution is 0.281. The number of hydrogen-bond donors (Lipinski definition) is 2. The molecule has 0 spiro atoms. The van der Waals surface area contributed by atoms with Crippen molar-refractivity contribution in [1.82, 2.24) is 0 Å². The topological polar surface area (TPSA) is 55.5 Å². The van der Waals surface area contributed by atoms with Gasteiger partial charge in [0.2, 0.25) is 0 Å². The molecular formula is C17H19NO2. The Morgan fingerprint density at radius 2 is 1.70 bits per heavy atom. The first-order chi connectivity index (χ1) is 9.76. The summed E-state index contributed by atoms with van der Waals surface area (Å²) in [6.07, 6.45) is 1.77. The molecule has 0 atom stereocenters. The Morgan fingerprint density at radius 1 is 1.05 bits per heavy atom. The van der Waals surface area contributed by atoms with Crippen LogP contribution >= 0.6 is 0 Å². The molecule has 104 valence electrons. The summed E-state index contributed by atoms with van der Waals surface area (Å²) in [7, 11) is 0. The van der Waals surface area contributed by atoms with Crippen LogP contribution < -0.4 is 10.5 Å². The second kappa shape index (κ2) is 6.89. The molecule has 0 amide bonds. The predicted octanol–water partition coefficient (Wildman–Crippen LogP) is 2.86. The molecule has 3 heteroatoms. The molecule has 2 aromatic rings. The normalized spacial score (nSPS) is 10.3. The molecule has 0 fully saturated rings. The van der Waals surface area contributed by atoms with Gasteiger partial charge in [-0.3, -0.25) is 0 Å². The largest absolute Gasteiger partial charge is 0.488 e. The molecule has 0 saturated carbocycles. The van der Waals surface area contributed by atoms with E-state index in [9.17, 15) is 0 Å². The van der Waals surface area contributed by atoms with Gasteiger partial charge in [-0.2, -0.15) is 0 Å². The van der Waals surface area contributed by atoms with Crippen molar-refractivity contribution in [2.75, 3.05) is 0 Å². The van der Waals surface area contributed by atoms with Gasteiger partial charge in [-0.25, -0.2) is 0 Å². The SMILES string of the molecule is C=Cc1ccc(CN)cc1OCc1ccc(CO)cc1. The monoisotopic (exact) mass is 269 g/mol. The highest BCUT2D eigenvalue weighted by Gasteiger charge is 2.03. The lowest BCUT2D eigenvalue weighted by Crippen LogP contribution is -2.00. The van der Waals surface area contributed by atoms with Gasteiger partial charge < -0.3 is 15.6 Å². The number of aliphatic hydroxyl groups is 1. The molecule has 20 heavy (non-hydrogen) atoms. The molecule has 2 rings (SSSR count). The van der Waals surface area contributed by atoms with Crippen LogP contribution in [-0.4, -0.2) is 5.11 Å². The molecule has 0 aliphatic heterocycles. The van der Waals surface area contributed by atoms with Crippen molar-refractivity contribution in [3.05, 3.63) is 71.3 Å². The average molecular weight is 269 g/mol. The minimum absolute atomic E-state index is 0.0558. The minimum atomic E-state index is 0.0558. The van der Waals surface area contributed by atoms with Crippen LogP contribution in [0.1, 0.15) is 22.3 Å². The molecule has 0 aliphatic carbocycles. The van der Waals surface area contributed by atoms with E-state index in [1.165, 1.54) is 0 Å². The summed E-state index contributed by atoms with van der Waals surface area (Å²) >= 11 is 0. The summed E-state index contributed by atoms with van der Waals surface area (Å²) in [5.74, 6) is 0.786. The van der Waals surface area contributed by atoms with Crippen molar-refractivity contribution in [1.29, 1.82) is 0 Å². The Bertz CT molecular complexity index is 576. The third kappa shape index (κ3) is 3.47. The van der Waals surface area contributed by atoms with Crippen LogP contribution in [0.5, 0.6) is 5.75 Å². The van der Waals surface area contributed by atoms with E-state index < -0.39 is 0 Å². The van der Waals surface area contributed by atoms with Gasteiger partial charge in [-0.1, -0.05) is 49.1 Å².